The number of imidazole rings is 1. The van der Waals surface area contributed by atoms with Crippen LogP contribution in [0.1, 0.15) is 10.6 Å². The molecule has 3 nitrogen and oxygen atoms in total. The van der Waals surface area contributed by atoms with Crippen LogP contribution in [-0.4, -0.2) is 14.5 Å². The van der Waals surface area contributed by atoms with Gasteiger partial charge in [-0.3, -0.25) is 4.98 Å². The van der Waals surface area contributed by atoms with Crippen LogP contribution in [0.5, 0.6) is 0 Å². The maximum atomic E-state index is 5.77. The minimum Gasteiger partial charge on any atom is -0.325 e. The molecule has 2 aromatic rings. The third-order valence-corrected chi connectivity index (χ3v) is 4.33. The van der Waals surface area contributed by atoms with E-state index < -0.39 is 0 Å². The number of thiazole rings is 1. The molecule has 0 aromatic carbocycles. The predicted molar refractivity (Wildman–Crippen MR) is 64.4 cm³/mol. The number of halogens is 1. The Morgan fingerprint density at radius 2 is 2.40 bits per heavy atom. The standard InChI is InChI=1S/C9H10ClN3S2/c1-13-7(2-10)3-12-9(13)14-5-8-4-11-6-15-8/h3-4,6H,2,5H2,1H3. The maximum Gasteiger partial charge on any atom is 0.168 e. The molecule has 0 N–H and O–H groups in total. The van der Waals surface area contributed by atoms with Gasteiger partial charge in [0.25, 0.3) is 0 Å². The molecule has 0 radical (unpaired) electrons. The topological polar surface area (TPSA) is 30.7 Å². The van der Waals surface area contributed by atoms with E-state index in [-0.39, 0.29) is 0 Å². The van der Waals surface area contributed by atoms with Gasteiger partial charge in [0.1, 0.15) is 0 Å². The highest BCUT2D eigenvalue weighted by Gasteiger charge is 2.06. The molecule has 0 aliphatic rings. The SMILES string of the molecule is Cn1c(CCl)cnc1SCc1cncs1. The number of aromatic nitrogens is 3. The van der Waals surface area contributed by atoms with Gasteiger partial charge in [-0.05, 0) is 0 Å². The summed E-state index contributed by atoms with van der Waals surface area (Å²) in [6.45, 7) is 0. The van der Waals surface area contributed by atoms with E-state index in [1.54, 1.807) is 23.1 Å². The molecule has 0 spiro atoms. The van der Waals surface area contributed by atoms with Crippen molar-refractivity contribution in [2.75, 3.05) is 0 Å². The fourth-order valence-corrected chi connectivity index (χ4v) is 2.99. The van der Waals surface area contributed by atoms with Crippen molar-refractivity contribution >= 4 is 34.7 Å². The van der Waals surface area contributed by atoms with E-state index in [1.165, 1.54) is 4.88 Å². The molecule has 0 unspecified atom stereocenters. The molecule has 15 heavy (non-hydrogen) atoms. The average molecular weight is 260 g/mol. The zero-order chi connectivity index (χ0) is 10.7. The number of rotatable bonds is 4. The van der Waals surface area contributed by atoms with Gasteiger partial charge in [-0.15, -0.1) is 22.9 Å². The fraction of sp³-hybridized carbons (Fsp3) is 0.333. The molecule has 0 aliphatic carbocycles. The van der Waals surface area contributed by atoms with E-state index in [1.807, 2.05) is 29.5 Å². The summed E-state index contributed by atoms with van der Waals surface area (Å²) in [6, 6.07) is 0. The van der Waals surface area contributed by atoms with Gasteiger partial charge in [0.05, 0.1) is 23.3 Å². The van der Waals surface area contributed by atoms with Crippen molar-refractivity contribution in [3.8, 4) is 0 Å². The molecule has 2 rings (SSSR count). The summed E-state index contributed by atoms with van der Waals surface area (Å²) in [6.07, 6.45) is 3.71. The van der Waals surface area contributed by atoms with E-state index in [9.17, 15) is 0 Å². The van der Waals surface area contributed by atoms with Crippen molar-refractivity contribution in [3.05, 3.63) is 28.5 Å². The lowest BCUT2D eigenvalue weighted by molar-refractivity contribution is 0.761. The van der Waals surface area contributed by atoms with Crippen molar-refractivity contribution in [2.45, 2.75) is 16.8 Å². The Kier molecular flexibility index (Phi) is 3.66. The van der Waals surface area contributed by atoms with Crippen LogP contribution in [0.2, 0.25) is 0 Å². The normalized spacial score (nSPS) is 10.8. The molecule has 0 fully saturated rings. The zero-order valence-electron chi connectivity index (χ0n) is 8.18. The molecule has 2 aromatic heterocycles. The molecule has 0 aliphatic heterocycles. The first-order chi connectivity index (χ1) is 7.31. The van der Waals surface area contributed by atoms with Crippen LogP contribution in [0.25, 0.3) is 0 Å². The highest BCUT2D eigenvalue weighted by molar-refractivity contribution is 7.98. The van der Waals surface area contributed by atoms with E-state index in [2.05, 4.69) is 9.97 Å². The van der Waals surface area contributed by atoms with E-state index in [4.69, 9.17) is 11.6 Å². The third kappa shape index (κ3) is 2.53. The lowest BCUT2D eigenvalue weighted by atomic mass is 10.5. The predicted octanol–water partition coefficient (Wildman–Crippen LogP) is 2.91. The molecule has 0 saturated heterocycles. The van der Waals surface area contributed by atoms with Crippen LogP contribution < -0.4 is 0 Å². The molecular formula is C9H10ClN3S2. The fourth-order valence-electron chi connectivity index (χ4n) is 1.13. The Morgan fingerprint density at radius 3 is 3.00 bits per heavy atom. The van der Waals surface area contributed by atoms with Crippen molar-refractivity contribution < 1.29 is 0 Å². The summed E-state index contributed by atoms with van der Waals surface area (Å²) in [5, 5.41) is 0.999. The summed E-state index contributed by atoms with van der Waals surface area (Å²) < 4.78 is 2.03. The smallest absolute Gasteiger partial charge is 0.168 e. The Bertz CT molecular complexity index is 425. The quantitative estimate of drug-likeness (QED) is 0.625. The number of thioether (sulfide) groups is 1. The van der Waals surface area contributed by atoms with Crippen LogP contribution in [0.3, 0.4) is 0 Å². The summed E-state index contributed by atoms with van der Waals surface area (Å²) >= 11 is 9.14. The molecule has 0 atom stereocenters. The summed E-state index contributed by atoms with van der Waals surface area (Å²) in [7, 11) is 1.99. The average Bonchev–Trinajstić information content (AvgIpc) is 2.85. The maximum absolute atomic E-state index is 5.77. The molecule has 6 heteroatoms. The first-order valence-corrected chi connectivity index (χ1v) is 6.78. The van der Waals surface area contributed by atoms with Crippen molar-refractivity contribution in [1.29, 1.82) is 0 Å². The highest BCUT2D eigenvalue weighted by atomic mass is 35.5. The van der Waals surface area contributed by atoms with Gasteiger partial charge in [-0.2, -0.15) is 0 Å². The summed E-state index contributed by atoms with van der Waals surface area (Å²) in [4.78, 5) is 9.61. The van der Waals surface area contributed by atoms with Crippen molar-refractivity contribution in [3.63, 3.8) is 0 Å². The first-order valence-electron chi connectivity index (χ1n) is 4.38. The first kappa shape index (κ1) is 11.0. The van der Waals surface area contributed by atoms with Gasteiger partial charge in [0.15, 0.2) is 5.16 Å². The zero-order valence-corrected chi connectivity index (χ0v) is 10.6. The molecule has 2 heterocycles. The third-order valence-electron chi connectivity index (χ3n) is 2.01. The number of alkyl halides is 1. The number of hydrogen-bond acceptors (Lipinski definition) is 4. The van der Waals surface area contributed by atoms with Gasteiger partial charge >= 0.3 is 0 Å². The molecule has 0 amide bonds. The molecular weight excluding hydrogens is 250 g/mol. The van der Waals surface area contributed by atoms with Crippen molar-refractivity contribution in [1.82, 2.24) is 14.5 Å². The number of nitrogens with zero attached hydrogens (tertiary/aromatic N) is 3. The van der Waals surface area contributed by atoms with Gasteiger partial charge in [-0.25, -0.2) is 4.98 Å². The minimum atomic E-state index is 0.505. The second kappa shape index (κ2) is 5.01. The van der Waals surface area contributed by atoms with Crippen LogP contribution >= 0.6 is 34.7 Å². The summed E-state index contributed by atoms with van der Waals surface area (Å²) in [5.41, 5.74) is 2.89. The Hall–Kier alpha value is -0.520. The Morgan fingerprint density at radius 1 is 1.53 bits per heavy atom. The van der Waals surface area contributed by atoms with E-state index >= 15 is 0 Å². The largest absolute Gasteiger partial charge is 0.325 e. The lowest BCUT2D eigenvalue weighted by Gasteiger charge is -2.01. The molecule has 0 bridgehead atoms. The monoisotopic (exact) mass is 259 g/mol. The Balaban J connectivity index is 2.02. The summed E-state index contributed by atoms with van der Waals surface area (Å²) in [5.74, 6) is 1.42. The van der Waals surface area contributed by atoms with Gasteiger partial charge in [0.2, 0.25) is 0 Å². The van der Waals surface area contributed by atoms with Gasteiger partial charge < -0.3 is 4.57 Å². The van der Waals surface area contributed by atoms with Crippen LogP contribution in [0, 0.1) is 0 Å². The highest BCUT2D eigenvalue weighted by Crippen LogP contribution is 2.23. The van der Waals surface area contributed by atoms with Crippen LogP contribution in [0.4, 0.5) is 0 Å². The second-order valence-electron chi connectivity index (χ2n) is 2.98. The van der Waals surface area contributed by atoms with Crippen molar-refractivity contribution in [2.24, 2.45) is 7.05 Å². The number of hydrogen-bond donors (Lipinski definition) is 0. The lowest BCUT2D eigenvalue weighted by Crippen LogP contribution is -1.95. The molecule has 0 saturated carbocycles. The molecule has 80 valence electrons. The second-order valence-corrected chi connectivity index (χ2v) is 5.16. The van der Waals surface area contributed by atoms with Crippen LogP contribution in [-0.2, 0) is 18.7 Å². The van der Waals surface area contributed by atoms with Gasteiger partial charge in [0, 0.05) is 23.9 Å². The van der Waals surface area contributed by atoms with Gasteiger partial charge in [-0.1, -0.05) is 11.8 Å². The van der Waals surface area contributed by atoms with E-state index in [0.717, 1.165) is 16.6 Å². The minimum absolute atomic E-state index is 0.505. The van der Waals surface area contributed by atoms with E-state index in [0.29, 0.717) is 5.88 Å². The Labute approximate surface area is 102 Å². The van der Waals surface area contributed by atoms with Crippen LogP contribution in [0.15, 0.2) is 23.1 Å².